The van der Waals surface area contributed by atoms with Gasteiger partial charge in [-0.1, -0.05) is 24.3 Å². The molecule has 1 heterocycles. The molecule has 0 atom stereocenters. The maximum absolute atomic E-state index is 13.5. The molecule has 0 saturated carbocycles. The maximum atomic E-state index is 13.5. The lowest BCUT2D eigenvalue weighted by atomic mass is 10.1. The zero-order valence-corrected chi connectivity index (χ0v) is 13.6. The fraction of sp³-hybridized carbons (Fsp3) is 0.167. The lowest BCUT2D eigenvalue weighted by Crippen LogP contribution is -2.35. The molecule has 3 aromatic rings. The number of nitrogens with one attached hydrogen (secondary N) is 3. The van der Waals surface area contributed by atoms with E-state index in [0.29, 0.717) is 11.3 Å². The van der Waals surface area contributed by atoms with Gasteiger partial charge in [-0.3, -0.25) is 14.7 Å². The van der Waals surface area contributed by atoms with E-state index in [9.17, 15) is 14.0 Å². The Morgan fingerprint density at radius 2 is 1.80 bits per heavy atom. The molecule has 0 unspecified atom stereocenters. The van der Waals surface area contributed by atoms with Crippen molar-refractivity contribution in [2.45, 2.75) is 6.92 Å². The summed E-state index contributed by atoms with van der Waals surface area (Å²) in [5.74, 6) is -1.14. The van der Waals surface area contributed by atoms with Crippen LogP contribution in [0.4, 0.5) is 4.39 Å². The second-order valence-electron chi connectivity index (χ2n) is 5.59. The van der Waals surface area contributed by atoms with E-state index in [2.05, 4.69) is 20.8 Å². The number of nitrogens with zero attached hydrogens (tertiary/aromatic N) is 1. The molecule has 1 aromatic heterocycles. The van der Waals surface area contributed by atoms with Crippen LogP contribution >= 0.6 is 0 Å². The Morgan fingerprint density at radius 3 is 2.56 bits per heavy atom. The smallest absolute Gasteiger partial charge is 0.272 e. The lowest BCUT2D eigenvalue weighted by Gasteiger charge is -2.07. The third-order valence-corrected chi connectivity index (χ3v) is 3.82. The first-order valence-electron chi connectivity index (χ1n) is 7.82. The fourth-order valence-corrected chi connectivity index (χ4v) is 2.41. The molecule has 25 heavy (non-hydrogen) atoms. The van der Waals surface area contributed by atoms with Crippen LogP contribution in [0, 0.1) is 12.7 Å². The summed E-state index contributed by atoms with van der Waals surface area (Å²) < 4.78 is 13.5. The molecule has 0 radical (unpaired) electrons. The van der Waals surface area contributed by atoms with Gasteiger partial charge in [0, 0.05) is 24.0 Å². The first-order chi connectivity index (χ1) is 12.1. The van der Waals surface area contributed by atoms with E-state index in [0.717, 1.165) is 10.9 Å². The number of amides is 2. The number of hydrogen-bond acceptors (Lipinski definition) is 3. The van der Waals surface area contributed by atoms with Gasteiger partial charge in [-0.2, -0.15) is 5.10 Å². The van der Waals surface area contributed by atoms with Crippen molar-refractivity contribution in [1.29, 1.82) is 0 Å². The maximum Gasteiger partial charge on any atom is 0.272 e. The Labute approximate surface area is 143 Å². The second kappa shape index (κ2) is 7.12. The van der Waals surface area contributed by atoms with E-state index in [1.54, 1.807) is 19.1 Å². The number of carbonyl (C=O) groups is 2. The topological polar surface area (TPSA) is 86.9 Å². The average Bonchev–Trinajstić information content (AvgIpc) is 3.05. The van der Waals surface area contributed by atoms with Gasteiger partial charge in [-0.05, 0) is 30.7 Å². The molecule has 128 valence electrons. The molecule has 0 bridgehead atoms. The molecular formula is C18H17FN4O2. The lowest BCUT2D eigenvalue weighted by molar-refractivity contribution is 0.0925. The quantitative estimate of drug-likeness (QED) is 0.622. The molecule has 0 spiro atoms. The predicted octanol–water partition coefficient (Wildman–Crippen LogP) is 2.17. The Morgan fingerprint density at radius 1 is 1.08 bits per heavy atom. The largest absolute Gasteiger partial charge is 0.350 e. The van der Waals surface area contributed by atoms with E-state index >= 15 is 0 Å². The summed E-state index contributed by atoms with van der Waals surface area (Å²) in [5, 5.41) is 12.9. The van der Waals surface area contributed by atoms with Crippen molar-refractivity contribution < 1.29 is 14.0 Å². The number of hydrogen-bond donors (Lipinski definition) is 3. The Hall–Kier alpha value is -3.22. The zero-order valence-electron chi connectivity index (χ0n) is 13.6. The van der Waals surface area contributed by atoms with Gasteiger partial charge in [0.25, 0.3) is 11.8 Å². The fourth-order valence-electron chi connectivity index (χ4n) is 2.41. The van der Waals surface area contributed by atoms with Crippen molar-refractivity contribution >= 4 is 22.7 Å². The van der Waals surface area contributed by atoms with Crippen LogP contribution in [-0.4, -0.2) is 35.1 Å². The number of benzene rings is 2. The normalized spacial score (nSPS) is 10.6. The minimum Gasteiger partial charge on any atom is -0.350 e. The number of H-pyrrole nitrogens is 1. The van der Waals surface area contributed by atoms with Gasteiger partial charge < -0.3 is 10.6 Å². The molecule has 0 aliphatic carbocycles. The number of aromatic amines is 1. The monoisotopic (exact) mass is 340 g/mol. The Balaban J connectivity index is 1.52. The summed E-state index contributed by atoms with van der Waals surface area (Å²) in [7, 11) is 0. The van der Waals surface area contributed by atoms with Crippen LogP contribution in [-0.2, 0) is 0 Å². The highest BCUT2D eigenvalue weighted by molar-refractivity contribution is 6.04. The molecule has 0 saturated heterocycles. The van der Waals surface area contributed by atoms with Gasteiger partial charge in [0.2, 0.25) is 0 Å². The number of carbonyl (C=O) groups excluding carboxylic acids is 2. The van der Waals surface area contributed by atoms with Crippen molar-refractivity contribution in [1.82, 2.24) is 20.8 Å². The Kier molecular flexibility index (Phi) is 4.74. The highest BCUT2D eigenvalue weighted by atomic mass is 19.1. The van der Waals surface area contributed by atoms with Crippen molar-refractivity contribution in [3.63, 3.8) is 0 Å². The van der Waals surface area contributed by atoms with Crippen LogP contribution < -0.4 is 10.6 Å². The van der Waals surface area contributed by atoms with Gasteiger partial charge in [0.05, 0.1) is 5.52 Å². The predicted molar refractivity (Wildman–Crippen MR) is 91.9 cm³/mol. The van der Waals surface area contributed by atoms with Crippen molar-refractivity contribution in [2.24, 2.45) is 0 Å². The highest BCUT2D eigenvalue weighted by Crippen LogP contribution is 2.14. The Bertz CT molecular complexity index is 936. The molecule has 0 aliphatic heterocycles. The van der Waals surface area contributed by atoms with E-state index in [4.69, 9.17) is 0 Å². The van der Waals surface area contributed by atoms with E-state index in [1.807, 2.05) is 24.3 Å². The molecule has 3 rings (SSSR count). The third kappa shape index (κ3) is 3.65. The number of rotatable bonds is 5. The van der Waals surface area contributed by atoms with Crippen LogP contribution in [0.2, 0.25) is 0 Å². The molecule has 3 N–H and O–H groups in total. The van der Waals surface area contributed by atoms with E-state index in [1.165, 1.54) is 6.07 Å². The molecule has 0 fully saturated rings. The van der Waals surface area contributed by atoms with Crippen molar-refractivity contribution in [3.05, 3.63) is 65.1 Å². The summed E-state index contributed by atoms with van der Waals surface area (Å²) in [6.07, 6.45) is 0. The molecule has 0 aliphatic rings. The van der Waals surface area contributed by atoms with Gasteiger partial charge >= 0.3 is 0 Å². The first-order valence-corrected chi connectivity index (χ1v) is 7.82. The summed E-state index contributed by atoms with van der Waals surface area (Å²) in [4.78, 5) is 24.1. The minimum atomic E-state index is -0.425. The van der Waals surface area contributed by atoms with Gasteiger partial charge in [-0.25, -0.2) is 4.39 Å². The SMILES string of the molecule is Cc1ccc(C(=O)NCCNC(=O)c2n[nH]c3ccccc23)cc1F. The van der Waals surface area contributed by atoms with Crippen LogP contribution in [0.3, 0.4) is 0 Å². The number of aryl methyl sites for hydroxylation is 1. The molecule has 7 heteroatoms. The number of halogens is 1. The second-order valence-corrected chi connectivity index (χ2v) is 5.59. The summed E-state index contributed by atoms with van der Waals surface area (Å²) in [5.41, 5.74) is 1.81. The number of aromatic nitrogens is 2. The molecular weight excluding hydrogens is 323 g/mol. The van der Waals surface area contributed by atoms with E-state index < -0.39 is 11.7 Å². The minimum absolute atomic E-state index is 0.225. The van der Waals surface area contributed by atoms with Crippen LogP contribution in [0.5, 0.6) is 0 Å². The van der Waals surface area contributed by atoms with E-state index in [-0.39, 0.29) is 24.6 Å². The van der Waals surface area contributed by atoms with Gasteiger partial charge in [0.15, 0.2) is 5.69 Å². The average molecular weight is 340 g/mol. The summed E-state index contributed by atoms with van der Waals surface area (Å²) in [6, 6.07) is 11.6. The van der Waals surface area contributed by atoms with Gasteiger partial charge in [0.1, 0.15) is 5.82 Å². The number of para-hydroxylation sites is 1. The summed E-state index contributed by atoms with van der Waals surface area (Å²) in [6.45, 7) is 2.09. The van der Waals surface area contributed by atoms with Crippen LogP contribution in [0.15, 0.2) is 42.5 Å². The number of fused-ring (bicyclic) bond motifs is 1. The standard InChI is InChI=1S/C18H17FN4O2/c1-11-6-7-12(10-14(11)19)17(24)20-8-9-21-18(25)16-13-4-2-3-5-15(13)22-23-16/h2-7,10H,8-9H2,1H3,(H,20,24)(H,21,25)(H,22,23). The van der Waals surface area contributed by atoms with Crippen LogP contribution in [0.1, 0.15) is 26.4 Å². The summed E-state index contributed by atoms with van der Waals surface area (Å²) >= 11 is 0. The third-order valence-electron chi connectivity index (χ3n) is 3.82. The highest BCUT2D eigenvalue weighted by Gasteiger charge is 2.13. The van der Waals surface area contributed by atoms with Crippen LogP contribution in [0.25, 0.3) is 10.9 Å². The molecule has 6 nitrogen and oxygen atoms in total. The molecule has 2 aromatic carbocycles. The van der Waals surface area contributed by atoms with Crippen molar-refractivity contribution in [2.75, 3.05) is 13.1 Å². The first kappa shape index (κ1) is 16.6. The van der Waals surface area contributed by atoms with Crippen molar-refractivity contribution in [3.8, 4) is 0 Å². The molecule has 2 amide bonds. The zero-order chi connectivity index (χ0) is 17.8. The van der Waals surface area contributed by atoms with Gasteiger partial charge in [-0.15, -0.1) is 0 Å².